The maximum absolute atomic E-state index is 13.6. The third-order valence-electron chi connectivity index (χ3n) is 3.90. The van der Waals surface area contributed by atoms with Crippen LogP contribution in [0.25, 0.3) is 0 Å². The highest BCUT2D eigenvalue weighted by molar-refractivity contribution is 6.10. The Balaban J connectivity index is 2.14. The summed E-state index contributed by atoms with van der Waals surface area (Å²) in [7, 11) is 0. The third kappa shape index (κ3) is 2.38. The first kappa shape index (κ1) is 14.9. The average molecular weight is 315 g/mol. The molecule has 6 heteroatoms. The van der Waals surface area contributed by atoms with E-state index < -0.39 is 17.5 Å². The Morgan fingerprint density at radius 1 is 1.17 bits per heavy atom. The van der Waals surface area contributed by atoms with Crippen LogP contribution in [0.1, 0.15) is 21.8 Å². The number of rotatable bonds is 2. The van der Waals surface area contributed by atoms with E-state index in [1.54, 1.807) is 6.08 Å². The van der Waals surface area contributed by atoms with Crippen molar-refractivity contribution >= 4 is 11.6 Å². The van der Waals surface area contributed by atoms with Gasteiger partial charge in [0.2, 0.25) is 0 Å². The molecule has 0 saturated heterocycles. The minimum Gasteiger partial charge on any atom is -0.508 e. The van der Waals surface area contributed by atoms with Crippen LogP contribution in [-0.2, 0) is 0 Å². The molecule has 0 aliphatic carbocycles. The lowest BCUT2D eigenvalue weighted by Crippen LogP contribution is -2.39. The summed E-state index contributed by atoms with van der Waals surface area (Å²) >= 11 is 0. The van der Waals surface area contributed by atoms with E-state index >= 15 is 0 Å². The van der Waals surface area contributed by atoms with Crippen LogP contribution >= 0.6 is 0 Å². The monoisotopic (exact) mass is 315 g/mol. The number of anilines is 1. The van der Waals surface area contributed by atoms with Gasteiger partial charge in [0.1, 0.15) is 11.5 Å². The first-order valence-electron chi connectivity index (χ1n) is 6.91. The summed E-state index contributed by atoms with van der Waals surface area (Å²) in [6.07, 6.45) is 1.59. The van der Waals surface area contributed by atoms with Crippen molar-refractivity contribution in [2.75, 3.05) is 11.4 Å². The third-order valence-corrected chi connectivity index (χ3v) is 3.90. The molecule has 2 aromatic carbocycles. The van der Waals surface area contributed by atoms with E-state index in [0.29, 0.717) is 5.56 Å². The standard InChI is InChI=1S/C17H14FNO4/c1-2-9-8-19(10-3-4-14(21)13(18)5-10)17(23)16-12(9)6-11(20)7-15(16)22/h2-7,9,20-22H,1,8H2. The number of halogens is 1. The smallest absolute Gasteiger partial charge is 0.262 e. The van der Waals surface area contributed by atoms with Crippen molar-refractivity contribution in [1.29, 1.82) is 0 Å². The molecule has 0 fully saturated rings. The molecule has 0 bridgehead atoms. The predicted octanol–water partition coefficient (Wildman–Crippen LogP) is 2.87. The highest BCUT2D eigenvalue weighted by Crippen LogP contribution is 2.39. The van der Waals surface area contributed by atoms with Crippen molar-refractivity contribution in [3.63, 3.8) is 0 Å². The second-order valence-corrected chi connectivity index (χ2v) is 5.32. The number of carbonyl (C=O) groups excluding carboxylic acids is 1. The molecule has 0 saturated carbocycles. The first-order valence-corrected chi connectivity index (χ1v) is 6.91. The SMILES string of the molecule is C=CC1CN(c2ccc(O)c(F)c2)C(=O)c2c(O)cc(O)cc21. The van der Waals surface area contributed by atoms with Crippen LogP contribution in [0.2, 0.25) is 0 Å². The summed E-state index contributed by atoms with van der Waals surface area (Å²) in [6, 6.07) is 6.12. The molecule has 0 spiro atoms. The number of fused-ring (bicyclic) bond motifs is 1. The average Bonchev–Trinajstić information content (AvgIpc) is 2.50. The molecule has 0 radical (unpaired) electrons. The number of carbonyl (C=O) groups is 1. The summed E-state index contributed by atoms with van der Waals surface area (Å²) in [6.45, 7) is 3.90. The summed E-state index contributed by atoms with van der Waals surface area (Å²) in [5.41, 5.74) is 0.778. The Bertz CT molecular complexity index is 818. The summed E-state index contributed by atoms with van der Waals surface area (Å²) in [4.78, 5) is 14.0. The van der Waals surface area contributed by atoms with E-state index in [9.17, 15) is 24.5 Å². The molecule has 118 valence electrons. The summed E-state index contributed by atoms with van der Waals surface area (Å²) < 4.78 is 13.6. The number of hydrogen-bond donors (Lipinski definition) is 3. The molecular formula is C17H14FNO4. The second kappa shape index (κ2) is 5.31. The fourth-order valence-corrected chi connectivity index (χ4v) is 2.76. The minimum atomic E-state index is -0.842. The lowest BCUT2D eigenvalue weighted by Gasteiger charge is -2.33. The Morgan fingerprint density at radius 2 is 1.91 bits per heavy atom. The molecule has 23 heavy (non-hydrogen) atoms. The van der Waals surface area contributed by atoms with Crippen molar-refractivity contribution in [2.45, 2.75) is 5.92 Å². The normalized spacial score (nSPS) is 17.0. The Labute approximate surface area is 131 Å². The number of nitrogens with zero attached hydrogens (tertiary/aromatic N) is 1. The Hall–Kier alpha value is -3.02. The van der Waals surface area contributed by atoms with Gasteiger partial charge in [0.05, 0.1) is 5.56 Å². The molecular weight excluding hydrogens is 301 g/mol. The van der Waals surface area contributed by atoms with Crippen molar-refractivity contribution in [1.82, 2.24) is 0 Å². The van der Waals surface area contributed by atoms with E-state index in [0.717, 1.165) is 18.2 Å². The number of amides is 1. The number of phenols is 3. The maximum atomic E-state index is 13.6. The summed E-state index contributed by atoms with van der Waals surface area (Å²) in [5, 5.41) is 28.9. The molecule has 3 rings (SSSR count). The van der Waals surface area contributed by atoms with E-state index in [1.807, 2.05) is 0 Å². The molecule has 5 nitrogen and oxygen atoms in total. The van der Waals surface area contributed by atoms with Crippen molar-refractivity contribution in [2.24, 2.45) is 0 Å². The van der Waals surface area contributed by atoms with E-state index in [-0.39, 0.29) is 35.2 Å². The van der Waals surface area contributed by atoms with Gasteiger partial charge in [-0.1, -0.05) is 6.08 Å². The van der Waals surface area contributed by atoms with E-state index in [1.165, 1.54) is 17.0 Å². The minimum absolute atomic E-state index is 0.0485. The molecule has 1 aliphatic rings. The van der Waals surface area contributed by atoms with Crippen LogP contribution in [0.4, 0.5) is 10.1 Å². The van der Waals surface area contributed by atoms with Crippen LogP contribution in [0.15, 0.2) is 43.0 Å². The molecule has 1 aliphatic heterocycles. The highest BCUT2D eigenvalue weighted by Gasteiger charge is 2.34. The summed E-state index contributed by atoms with van der Waals surface area (Å²) in [5.74, 6) is -2.69. The van der Waals surface area contributed by atoms with Gasteiger partial charge >= 0.3 is 0 Å². The van der Waals surface area contributed by atoms with E-state index in [4.69, 9.17) is 0 Å². The van der Waals surface area contributed by atoms with Gasteiger partial charge in [-0.25, -0.2) is 4.39 Å². The van der Waals surface area contributed by atoms with Gasteiger partial charge in [-0.2, -0.15) is 0 Å². The molecule has 2 aromatic rings. The van der Waals surface area contributed by atoms with Crippen LogP contribution < -0.4 is 4.90 Å². The van der Waals surface area contributed by atoms with Gasteiger partial charge in [0.25, 0.3) is 5.91 Å². The zero-order chi connectivity index (χ0) is 16.7. The van der Waals surface area contributed by atoms with Gasteiger partial charge in [-0.3, -0.25) is 4.79 Å². The van der Waals surface area contributed by atoms with Gasteiger partial charge in [-0.15, -0.1) is 6.58 Å². The largest absolute Gasteiger partial charge is 0.508 e. The number of aromatic hydroxyl groups is 3. The number of benzene rings is 2. The highest BCUT2D eigenvalue weighted by atomic mass is 19.1. The molecule has 1 atom stereocenters. The number of phenolic OH excluding ortho intramolecular Hbond substituents is 3. The van der Waals surface area contributed by atoms with E-state index in [2.05, 4.69) is 6.58 Å². The first-order chi connectivity index (χ1) is 10.9. The van der Waals surface area contributed by atoms with Crippen LogP contribution in [0.5, 0.6) is 17.2 Å². The van der Waals surface area contributed by atoms with Crippen LogP contribution in [0.3, 0.4) is 0 Å². The Kier molecular flexibility index (Phi) is 3.44. The van der Waals surface area contributed by atoms with Crippen molar-refractivity contribution in [3.8, 4) is 17.2 Å². The van der Waals surface area contributed by atoms with Gasteiger partial charge < -0.3 is 20.2 Å². The van der Waals surface area contributed by atoms with Gasteiger partial charge in [0.15, 0.2) is 11.6 Å². The fourth-order valence-electron chi connectivity index (χ4n) is 2.76. The quantitative estimate of drug-likeness (QED) is 0.744. The fraction of sp³-hybridized carbons (Fsp3) is 0.118. The zero-order valence-corrected chi connectivity index (χ0v) is 12.0. The Morgan fingerprint density at radius 3 is 2.57 bits per heavy atom. The molecule has 1 amide bonds. The maximum Gasteiger partial charge on any atom is 0.262 e. The van der Waals surface area contributed by atoms with Crippen LogP contribution in [0, 0.1) is 5.82 Å². The van der Waals surface area contributed by atoms with Gasteiger partial charge in [-0.05, 0) is 23.8 Å². The molecule has 1 heterocycles. The lowest BCUT2D eigenvalue weighted by molar-refractivity contribution is 0.0975. The van der Waals surface area contributed by atoms with Gasteiger partial charge in [0, 0.05) is 30.3 Å². The topological polar surface area (TPSA) is 81.0 Å². The predicted molar refractivity (Wildman–Crippen MR) is 82.5 cm³/mol. The van der Waals surface area contributed by atoms with Crippen LogP contribution in [-0.4, -0.2) is 27.8 Å². The number of hydrogen-bond acceptors (Lipinski definition) is 4. The molecule has 0 aromatic heterocycles. The zero-order valence-electron chi connectivity index (χ0n) is 12.0. The lowest BCUT2D eigenvalue weighted by atomic mass is 9.88. The van der Waals surface area contributed by atoms with Crippen molar-refractivity contribution < 1.29 is 24.5 Å². The molecule has 3 N–H and O–H groups in total. The van der Waals surface area contributed by atoms with Crippen molar-refractivity contribution in [3.05, 3.63) is 59.9 Å². The molecule has 1 unspecified atom stereocenters. The second-order valence-electron chi connectivity index (χ2n) is 5.32.